The zero-order valence-electron chi connectivity index (χ0n) is 35.3. The highest BCUT2D eigenvalue weighted by atomic mass is 15.1. The molecule has 1 heterocycles. The Morgan fingerprint density at radius 1 is 0.333 bits per heavy atom. The van der Waals surface area contributed by atoms with Crippen LogP contribution in [-0.4, -0.2) is 4.57 Å². The van der Waals surface area contributed by atoms with Crippen LogP contribution in [0.3, 0.4) is 0 Å². The minimum atomic E-state index is -0.162. The lowest BCUT2D eigenvalue weighted by molar-refractivity contribution is 0.660. The molecule has 0 unspecified atom stereocenters. The fraction of sp³-hybridized carbons (Fsp3) is 0.0492. The number of rotatable bonds is 7. The maximum Gasteiger partial charge on any atom is 0.0547 e. The Bertz CT molecular complexity index is 3520. The molecule has 0 radical (unpaired) electrons. The van der Waals surface area contributed by atoms with Crippen LogP contribution < -0.4 is 4.90 Å². The lowest BCUT2D eigenvalue weighted by Crippen LogP contribution is -2.16. The highest BCUT2D eigenvalue weighted by Crippen LogP contribution is 2.52. The highest BCUT2D eigenvalue weighted by Gasteiger charge is 2.36. The first kappa shape index (κ1) is 36.9. The van der Waals surface area contributed by atoms with Crippen molar-refractivity contribution in [1.29, 1.82) is 0 Å². The predicted octanol–water partition coefficient (Wildman–Crippen LogP) is 16.7. The standard InChI is InChI=1S/C61H44N2/c1-61(2)56-38-46(41-15-5-3-6-16-41)29-34-52(56)53-36-33-50(40-57(53)61)62(48-19-7-4-8-20-48)49-31-27-43(28-32-49)51-21-11-13-23-58(51)63-59-24-14-12-22-54(59)55-35-30-47(39-60(55)63)45-26-25-42-17-9-10-18-44(42)37-45/h3-40H,1-2H3. The number of fused-ring (bicyclic) bond motifs is 7. The topological polar surface area (TPSA) is 8.17 Å². The SMILES string of the molecule is CC1(C)c2cc(-c3ccccc3)ccc2-c2ccc(N(c3ccccc3)c3ccc(-c4ccccc4-n4c5ccccc5c5ccc(-c6ccc7ccccc7c6)cc54)cc3)cc21. The summed E-state index contributed by atoms with van der Waals surface area (Å²) < 4.78 is 2.46. The second kappa shape index (κ2) is 14.6. The predicted molar refractivity (Wildman–Crippen MR) is 267 cm³/mol. The third-order valence-electron chi connectivity index (χ3n) is 13.4. The third-order valence-corrected chi connectivity index (χ3v) is 13.4. The molecular weight excluding hydrogens is 761 g/mol. The summed E-state index contributed by atoms with van der Waals surface area (Å²) >= 11 is 0. The molecule has 1 aliphatic carbocycles. The van der Waals surface area contributed by atoms with E-state index in [4.69, 9.17) is 0 Å². The summed E-state index contributed by atoms with van der Waals surface area (Å²) in [7, 11) is 0. The number of anilines is 3. The fourth-order valence-electron chi connectivity index (χ4n) is 10.2. The minimum Gasteiger partial charge on any atom is -0.310 e. The van der Waals surface area contributed by atoms with E-state index in [2.05, 4.69) is 254 Å². The van der Waals surface area contributed by atoms with Gasteiger partial charge in [-0.2, -0.15) is 0 Å². The van der Waals surface area contributed by atoms with Crippen molar-refractivity contribution >= 4 is 49.6 Å². The van der Waals surface area contributed by atoms with E-state index >= 15 is 0 Å². The molecule has 0 saturated carbocycles. The van der Waals surface area contributed by atoms with Crippen molar-refractivity contribution in [3.8, 4) is 50.2 Å². The second-order valence-electron chi connectivity index (χ2n) is 17.4. The molecule has 0 fully saturated rings. The third kappa shape index (κ3) is 6.09. The van der Waals surface area contributed by atoms with E-state index in [0.29, 0.717) is 0 Å². The number of hydrogen-bond donors (Lipinski definition) is 0. The van der Waals surface area contributed by atoms with E-state index in [1.165, 1.54) is 88.2 Å². The van der Waals surface area contributed by atoms with Gasteiger partial charge >= 0.3 is 0 Å². The van der Waals surface area contributed by atoms with Crippen LogP contribution in [0, 0.1) is 0 Å². The van der Waals surface area contributed by atoms with Gasteiger partial charge in [0, 0.05) is 38.8 Å². The maximum absolute atomic E-state index is 2.46. The van der Waals surface area contributed by atoms with Gasteiger partial charge in [-0.05, 0) is 128 Å². The van der Waals surface area contributed by atoms with Gasteiger partial charge in [-0.15, -0.1) is 0 Å². The quantitative estimate of drug-likeness (QED) is 0.156. The van der Waals surface area contributed by atoms with E-state index < -0.39 is 0 Å². The molecule has 0 amide bonds. The van der Waals surface area contributed by atoms with Gasteiger partial charge in [-0.25, -0.2) is 0 Å². The first-order valence-electron chi connectivity index (χ1n) is 21.9. The number of para-hydroxylation sites is 3. The Kier molecular flexibility index (Phi) is 8.55. The van der Waals surface area contributed by atoms with Crippen LogP contribution in [0.2, 0.25) is 0 Å². The number of hydrogen-bond acceptors (Lipinski definition) is 1. The number of benzene rings is 10. The Balaban J connectivity index is 0.944. The van der Waals surface area contributed by atoms with Crippen LogP contribution in [0.25, 0.3) is 82.8 Å². The summed E-state index contributed by atoms with van der Waals surface area (Å²) in [6.07, 6.45) is 0. The normalized spacial score (nSPS) is 12.7. The molecule has 11 aromatic rings. The van der Waals surface area contributed by atoms with E-state index in [-0.39, 0.29) is 5.41 Å². The van der Waals surface area contributed by atoms with Crippen LogP contribution >= 0.6 is 0 Å². The molecule has 12 rings (SSSR count). The molecule has 10 aromatic carbocycles. The van der Waals surface area contributed by atoms with Crippen molar-refractivity contribution in [1.82, 2.24) is 4.57 Å². The van der Waals surface area contributed by atoms with E-state index in [1.807, 2.05) is 0 Å². The zero-order valence-corrected chi connectivity index (χ0v) is 35.3. The second-order valence-corrected chi connectivity index (χ2v) is 17.4. The molecule has 0 N–H and O–H groups in total. The molecule has 2 nitrogen and oxygen atoms in total. The monoisotopic (exact) mass is 804 g/mol. The van der Waals surface area contributed by atoms with Crippen LogP contribution in [0.5, 0.6) is 0 Å². The molecule has 0 atom stereocenters. The van der Waals surface area contributed by atoms with Crippen LogP contribution in [0.15, 0.2) is 231 Å². The van der Waals surface area contributed by atoms with Crippen molar-refractivity contribution in [2.24, 2.45) is 0 Å². The first-order chi connectivity index (χ1) is 31.0. The van der Waals surface area contributed by atoms with Crippen LogP contribution in [0.1, 0.15) is 25.0 Å². The molecule has 0 saturated heterocycles. The molecule has 1 aliphatic rings. The molecule has 0 aliphatic heterocycles. The van der Waals surface area contributed by atoms with Gasteiger partial charge in [0.1, 0.15) is 0 Å². The molecule has 298 valence electrons. The Morgan fingerprint density at radius 3 is 1.71 bits per heavy atom. The van der Waals surface area contributed by atoms with Gasteiger partial charge in [0.2, 0.25) is 0 Å². The van der Waals surface area contributed by atoms with Crippen molar-refractivity contribution in [3.63, 3.8) is 0 Å². The highest BCUT2D eigenvalue weighted by molar-refractivity contribution is 6.11. The average Bonchev–Trinajstić information content (AvgIpc) is 3.79. The van der Waals surface area contributed by atoms with Gasteiger partial charge in [0.15, 0.2) is 0 Å². The molecule has 2 heteroatoms. The Morgan fingerprint density at radius 2 is 0.889 bits per heavy atom. The Labute approximate surface area is 368 Å². The molecule has 0 spiro atoms. The van der Waals surface area contributed by atoms with Gasteiger partial charge in [-0.3, -0.25) is 0 Å². The summed E-state index contributed by atoms with van der Waals surface area (Å²) in [4.78, 5) is 2.39. The van der Waals surface area contributed by atoms with E-state index in [0.717, 1.165) is 22.7 Å². The largest absolute Gasteiger partial charge is 0.310 e. The maximum atomic E-state index is 2.46. The van der Waals surface area contributed by atoms with E-state index in [1.54, 1.807) is 0 Å². The number of nitrogens with zero attached hydrogens (tertiary/aromatic N) is 2. The Hall–Kier alpha value is -7.94. The summed E-state index contributed by atoms with van der Waals surface area (Å²) in [5, 5.41) is 5.00. The lowest BCUT2D eigenvalue weighted by Gasteiger charge is -2.28. The summed E-state index contributed by atoms with van der Waals surface area (Å²) in [6, 6.07) is 84.6. The van der Waals surface area contributed by atoms with Gasteiger partial charge in [0.25, 0.3) is 0 Å². The van der Waals surface area contributed by atoms with Crippen molar-refractivity contribution in [2.75, 3.05) is 4.90 Å². The van der Waals surface area contributed by atoms with Crippen molar-refractivity contribution < 1.29 is 0 Å². The van der Waals surface area contributed by atoms with E-state index in [9.17, 15) is 0 Å². The summed E-state index contributed by atoms with van der Waals surface area (Å²) in [5.41, 5.74) is 19.4. The summed E-state index contributed by atoms with van der Waals surface area (Å²) in [6.45, 7) is 4.74. The summed E-state index contributed by atoms with van der Waals surface area (Å²) in [5.74, 6) is 0. The first-order valence-corrected chi connectivity index (χ1v) is 21.9. The average molecular weight is 805 g/mol. The van der Waals surface area contributed by atoms with Gasteiger partial charge in [0.05, 0.1) is 16.7 Å². The van der Waals surface area contributed by atoms with Crippen molar-refractivity contribution in [3.05, 3.63) is 242 Å². The van der Waals surface area contributed by atoms with Crippen molar-refractivity contribution in [2.45, 2.75) is 19.3 Å². The smallest absolute Gasteiger partial charge is 0.0547 e. The minimum absolute atomic E-state index is 0.162. The molecule has 63 heavy (non-hydrogen) atoms. The lowest BCUT2D eigenvalue weighted by atomic mass is 9.81. The number of aromatic nitrogens is 1. The fourth-order valence-corrected chi connectivity index (χ4v) is 10.2. The molecular formula is C61H44N2. The van der Waals surface area contributed by atoms with Gasteiger partial charge in [-0.1, -0.05) is 178 Å². The zero-order chi connectivity index (χ0) is 42.1. The molecule has 1 aromatic heterocycles. The molecule has 0 bridgehead atoms. The van der Waals surface area contributed by atoms with Crippen LogP contribution in [-0.2, 0) is 5.41 Å². The van der Waals surface area contributed by atoms with Crippen LogP contribution in [0.4, 0.5) is 17.1 Å². The van der Waals surface area contributed by atoms with Gasteiger partial charge < -0.3 is 9.47 Å².